The third-order valence-corrected chi connectivity index (χ3v) is 3.60. The molecule has 0 amide bonds. The molecule has 0 radical (unpaired) electrons. The summed E-state index contributed by atoms with van der Waals surface area (Å²) in [6.07, 6.45) is -1.11. The van der Waals surface area contributed by atoms with Crippen molar-refractivity contribution < 1.29 is 17.9 Å². The van der Waals surface area contributed by atoms with Crippen molar-refractivity contribution in [3.8, 4) is 11.8 Å². The predicted molar refractivity (Wildman–Crippen MR) is 76.2 cm³/mol. The second-order valence-corrected chi connectivity index (χ2v) is 5.22. The van der Waals surface area contributed by atoms with Gasteiger partial charge >= 0.3 is 6.36 Å². The van der Waals surface area contributed by atoms with Gasteiger partial charge in [-0.2, -0.15) is 20.6 Å². The lowest BCUT2D eigenvalue weighted by Gasteiger charge is -2.26. The summed E-state index contributed by atoms with van der Waals surface area (Å²) in [4.78, 5) is 0. The minimum Gasteiger partial charge on any atom is -0.406 e. The van der Waals surface area contributed by atoms with E-state index >= 15 is 0 Å². The van der Waals surface area contributed by atoms with E-state index in [1.165, 1.54) is 24.4 Å². The molecule has 1 aliphatic rings. The van der Waals surface area contributed by atoms with Crippen LogP contribution in [0, 0.1) is 11.3 Å². The molecule has 2 atom stereocenters. The monoisotopic (exact) mass is 335 g/mol. The van der Waals surface area contributed by atoms with Gasteiger partial charge in [-0.1, -0.05) is 12.1 Å². The first-order chi connectivity index (χ1) is 11.5. The van der Waals surface area contributed by atoms with E-state index in [0.29, 0.717) is 24.1 Å². The minimum absolute atomic E-state index is 0.231. The van der Waals surface area contributed by atoms with Crippen LogP contribution in [-0.4, -0.2) is 22.7 Å². The average molecular weight is 335 g/mol. The van der Waals surface area contributed by atoms with E-state index in [0.717, 1.165) is 0 Å². The van der Waals surface area contributed by atoms with Crippen LogP contribution < -0.4 is 4.74 Å². The SMILES string of the molecule is N#Cc1cnn(C2CCN=NC2c2cccc(OC(F)(F)F)c2)c1. The summed E-state index contributed by atoms with van der Waals surface area (Å²) >= 11 is 0. The minimum atomic E-state index is -4.75. The molecule has 1 aromatic carbocycles. The number of aromatic nitrogens is 2. The average Bonchev–Trinajstić information content (AvgIpc) is 3.02. The summed E-state index contributed by atoms with van der Waals surface area (Å²) in [5.41, 5.74) is 0.949. The molecular weight excluding hydrogens is 323 g/mol. The van der Waals surface area contributed by atoms with E-state index < -0.39 is 12.4 Å². The summed E-state index contributed by atoms with van der Waals surface area (Å²) < 4.78 is 42.7. The summed E-state index contributed by atoms with van der Waals surface area (Å²) in [5, 5.41) is 21.2. The maximum Gasteiger partial charge on any atom is 0.573 e. The van der Waals surface area contributed by atoms with E-state index in [1.807, 2.05) is 6.07 Å². The Hall–Kier alpha value is -2.89. The zero-order chi connectivity index (χ0) is 17.2. The van der Waals surface area contributed by atoms with Gasteiger partial charge in [-0.25, -0.2) is 0 Å². The van der Waals surface area contributed by atoms with Gasteiger partial charge in [-0.15, -0.1) is 13.2 Å². The largest absolute Gasteiger partial charge is 0.573 e. The standard InChI is InChI=1S/C15H12F3N5O/c16-15(17,18)24-12-3-1-2-11(6-12)14-13(4-5-20-22-14)23-9-10(7-19)8-21-23/h1-3,6,8-9,13-14H,4-5H2. The lowest BCUT2D eigenvalue weighted by molar-refractivity contribution is -0.274. The van der Waals surface area contributed by atoms with E-state index in [-0.39, 0.29) is 11.8 Å². The predicted octanol–water partition coefficient (Wildman–Crippen LogP) is 3.79. The Labute approximate surface area is 135 Å². The molecule has 2 aromatic rings. The van der Waals surface area contributed by atoms with Gasteiger partial charge < -0.3 is 4.74 Å². The van der Waals surface area contributed by atoms with Gasteiger partial charge in [0, 0.05) is 6.20 Å². The normalized spacial score (nSPS) is 20.6. The fourth-order valence-corrected chi connectivity index (χ4v) is 2.61. The van der Waals surface area contributed by atoms with Crippen LogP contribution in [0.4, 0.5) is 13.2 Å². The molecule has 1 aliphatic heterocycles. The van der Waals surface area contributed by atoms with Crippen molar-refractivity contribution in [2.75, 3.05) is 6.54 Å². The number of hydrogen-bond donors (Lipinski definition) is 0. The molecule has 0 aliphatic carbocycles. The summed E-state index contributed by atoms with van der Waals surface area (Å²) in [6, 6.07) is 6.93. The molecule has 2 unspecified atom stereocenters. The highest BCUT2D eigenvalue weighted by atomic mass is 19.4. The Morgan fingerprint density at radius 3 is 2.88 bits per heavy atom. The number of nitriles is 1. The molecule has 6 nitrogen and oxygen atoms in total. The molecule has 0 saturated heterocycles. The van der Waals surface area contributed by atoms with Crippen molar-refractivity contribution in [2.45, 2.75) is 24.9 Å². The fourth-order valence-electron chi connectivity index (χ4n) is 2.61. The first kappa shape index (κ1) is 16.0. The molecule has 124 valence electrons. The van der Waals surface area contributed by atoms with Crippen LogP contribution >= 0.6 is 0 Å². The van der Waals surface area contributed by atoms with Crippen molar-refractivity contribution in [1.29, 1.82) is 5.26 Å². The van der Waals surface area contributed by atoms with E-state index in [2.05, 4.69) is 20.1 Å². The maximum atomic E-state index is 12.4. The zero-order valence-corrected chi connectivity index (χ0v) is 12.3. The van der Waals surface area contributed by atoms with Crippen LogP contribution in [-0.2, 0) is 0 Å². The molecule has 0 bridgehead atoms. The highest BCUT2D eigenvalue weighted by Gasteiger charge is 2.32. The number of azo groups is 1. The Bertz CT molecular complexity index is 793. The highest BCUT2D eigenvalue weighted by molar-refractivity contribution is 5.32. The molecule has 24 heavy (non-hydrogen) atoms. The van der Waals surface area contributed by atoms with Crippen LogP contribution in [0.3, 0.4) is 0 Å². The number of ether oxygens (including phenoxy) is 1. The van der Waals surface area contributed by atoms with Crippen LogP contribution in [0.1, 0.15) is 29.6 Å². The van der Waals surface area contributed by atoms with Crippen molar-refractivity contribution in [3.63, 3.8) is 0 Å². The van der Waals surface area contributed by atoms with Crippen molar-refractivity contribution in [3.05, 3.63) is 47.8 Å². The van der Waals surface area contributed by atoms with Gasteiger partial charge in [-0.05, 0) is 24.1 Å². The topological polar surface area (TPSA) is 75.6 Å². The second-order valence-electron chi connectivity index (χ2n) is 5.22. The molecule has 9 heteroatoms. The number of halogens is 3. The number of rotatable bonds is 3. The Morgan fingerprint density at radius 2 is 2.17 bits per heavy atom. The van der Waals surface area contributed by atoms with Gasteiger partial charge in [0.15, 0.2) is 0 Å². The summed E-state index contributed by atoms with van der Waals surface area (Å²) in [6.45, 7) is 0.488. The second kappa shape index (κ2) is 6.31. The van der Waals surface area contributed by atoms with Gasteiger partial charge in [0.1, 0.15) is 17.9 Å². The first-order valence-electron chi connectivity index (χ1n) is 7.13. The molecule has 1 aromatic heterocycles. The van der Waals surface area contributed by atoms with Gasteiger partial charge in [0.25, 0.3) is 0 Å². The molecule has 0 N–H and O–H groups in total. The quantitative estimate of drug-likeness (QED) is 0.856. The zero-order valence-electron chi connectivity index (χ0n) is 12.3. The van der Waals surface area contributed by atoms with E-state index in [9.17, 15) is 13.2 Å². The van der Waals surface area contributed by atoms with Crippen LogP contribution in [0.2, 0.25) is 0 Å². The molecule has 0 saturated carbocycles. The first-order valence-corrected chi connectivity index (χ1v) is 7.13. The number of hydrogen-bond acceptors (Lipinski definition) is 5. The van der Waals surface area contributed by atoms with Crippen molar-refractivity contribution in [1.82, 2.24) is 9.78 Å². The highest BCUT2D eigenvalue weighted by Crippen LogP contribution is 2.37. The van der Waals surface area contributed by atoms with Crippen molar-refractivity contribution in [2.24, 2.45) is 10.2 Å². The Kier molecular flexibility index (Phi) is 4.20. The molecule has 2 heterocycles. The van der Waals surface area contributed by atoms with Crippen molar-refractivity contribution >= 4 is 0 Å². The third kappa shape index (κ3) is 3.53. The summed E-state index contributed by atoms with van der Waals surface area (Å²) in [5.74, 6) is -0.308. The van der Waals surface area contributed by atoms with Gasteiger partial charge in [0.05, 0.1) is 24.3 Å². The smallest absolute Gasteiger partial charge is 0.406 e. The van der Waals surface area contributed by atoms with Crippen LogP contribution in [0.15, 0.2) is 46.9 Å². The fraction of sp³-hybridized carbons (Fsp3) is 0.333. The maximum absolute atomic E-state index is 12.4. The molecular formula is C15H12F3N5O. The molecule has 3 rings (SSSR count). The number of nitrogens with zero attached hydrogens (tertiary/aromatic N) is 5. The number of benzene rings is 1. The Balaban J connectivity index is 1.91. The van der Waals surface area contributed by atoms with Crippen LogP contribution in [0.5, 0.6) is 5.75 Å². The van der Waals surface area contributed by atoms with Gasteiger partial charge in [0.2, 0.25) is 0 Å². The Morgan fingerprint density at radius 1 is 1.33 bits per heavy atom. The van der Waals surface area contributed by atoms with E-state index in [4.69, 9.17) is 5.26 Å². The van der Waals surface area contributed by atoms with Crippen LogP contribution in [0.25, 0.3) is 0 Å². The van der Waals surface area contributed by atoms with Gasteiger partial charge in [-0.3, -0.25) is 4.68 Å². The number of alkyl halides is 3. The molecule has 0 spiro atoms. The van der Waals surface area contributed by atoms with E-state index in [1.54, 1.807) is 16.9 Å². The third-order valence-electron chi connectivity index (χ3n) is 3.60. The lowest BCUT2D eigenvalue weighted by Crippen LogP contribution is -2.21. The molecule has 0 fully saturated rings. The lowest BCUT2D eigenvalue weighted by atomic mass is 9.96. The summed E-state index contributed by atoms with van der Waals surface area (Å²) in [7, 11) is 0.